The normalized spacial score (nSPS) is 9.92. The third kappa shape index (κ3) is 1.62. The lowest BCUT2D eigenvalue weighted by atomic mass is 9.88. The zero-order chi connectivity index (χ0) is 9.10. The molecular weight excluding hydrogens is 156 g/mol. The molecular formula is C13H12. The van der Waals surface area contributed by atoms with Crippen LogP contribution in [-0.2, 0) is 0 Å². The van der Waals surface area contributed by atoms with Crippen molar-refractivity contribution in [1.29, 1.82) is 0 Å². The van der Waals surface area contributed by atoms with Gasteiger partial charge in [0.25, 0.3) is 0 Å². The molecule has 0 nitrogen and oxygen atoms in total. The van der Waals surface area contributed by atoms with Gasteiger partial charge in [0.15, 0.2) is 0 Å². The minimum absolute atomic E-state index is 1.44. The van der Waals surface area contributed by atoms with E-state index in [1.807, 2.05) is 36.4 Å². The molecule has 0 aromatic heterocycles. The van der Waals surface area contributed by atoms with E-state index in [1.165, 1.54) is 16.7 Å². The van der Waals surface area contributed by atoms with Gasteiger partial charge in [0.05, 0.1) is 0 Å². The molecule has 0 amide bonds. The predicted octanol–water partition coefficient (Wildman–Crippen LogP) is 3.66. The smallest absolute Gasteiger partial charge is 0.0154 e. The third-order valence-electron chi connectivity index (χ3n) is 2.20. The summed E-state index contributed by atoms with van der Waals surface area (Å²) in [5.74, 6) is 0. The maximum atomic E-state index is 2.20. The Bertz CT molecular complexity index is 361. The summed E-state index contributed by atoms with van der Waals surface area (Å²) in [6.07, 6.45) is 0. The van der Waals surface area contributed by atoms with Gasteiger partial charge >= 0.3 is 0 Å². The summed E-state index contributed by atoms with van der Waals surface area (Å²) in [7, 11) is 0. The number of rotatable bonds is 0. The summed E-state index contributed by atoms with van der Waals surface area (Å²) < 4.78 is 0. The highest BCUT2D eigenvalue weighted by Crippen LogP contribution is 2.35. The first-order chi connectivity index (χ1) is 6.38. The quantitative estimate of drug-likeness (QED) is 0.480. The van der Waals surface area contributed by atoms with Crippen LogP contribution in [0.15, 0.2) is 54.6 Å². The van der Waals surface area contributed by atoms with Gasteiger partial charge in [-0.15, -0.1) is 0 Å². The van der Waals surface area contributed by atoms with Crippen LogP contribution in [0.4, 0.5) is 0 Å². The van der Waals surface area contributed by atoms with E-state index in [9.17, 15) is 0 Å². The van der Waals surface area contributed by atoms with Gasteiger partial charge in [-0.3, -0.25) is 0 Å². The number of benzene rings is 2. The van der Waals surface area contributed by atoms with Crippen LogP contribution in [0.2, 0.25) is 0 Å². The van der Waals surface area contributed by atoms with Crippen LogP contribution < -0.4 is 0 Å². The fourth-order valence-corrected chi connectivity index (χ4v) is 1.37. The summed E-state index contributed by atoms with van der Waals surface area (Å²) in [6, 6.07) is 18.5. The van der Waals surface area contributed by atoms with Crippen LogP contribution >= 0.6 is 0 Å². The second kappa shape index (κ2) is 3.44. The number of fused-ring (bicyclic) bond motifs is 1. The summed E-state index contributed by atoms with van der Waals surface area (Å²) in [6.45, 7) is 2.14. The van der Waals surface area contributed by atoms with E-state index in [2.05, 4.69) is 25.1 Å². The Kier molecular flexibility index (Phi) is 2.13. The van der Waals surface area contributed by atoms with Gasteiger partial charge in [0.2, 0.25) is 0 Å². The van der Waals surface area contributed by atoms with Gasteiger partial charge in [0, 0.05) is 0 Å². The molecule has 0 aliphatic heterocycles. The minimum Gasteiger partial charge on any atom is -0.0623 e. The predicted molar refractivity (Wildman–Crippen MR) is 56.6 cm³/mol. The minimum atomic E-state index is 1.44. The lowest BCUT2D eigenvalue weighted by Crippen LogP contribution is -1.93. The van der Waals surface area contributed by atoms with Crippen molar-refractivity contribution in [1.82, 2.24) is 0 Å². The highest BCUT2D eigenvalue weighted by Gasteiger charge is 2.10. The molecule has 1 aromatic rings. The summed E-state index contributed by atoms with van der Waals surface area (Å²) >= 11 is 0. The Labute approximate surface area is 78.9 Å². The van der Waals surface area contributed by atoms with Crippen LogP contribution in [-0.4, -0.2) is 0 Å². The maximum Gasteiger partial charge on any atom is -0.0154 e. The molecule has 0 saturated heterocycles. The van der Waals surface area contributed by atoms with E-state index in [0.29, 0.717) is 0 Å². The Balaban J connectivity index is 0.000000102. The topological polar surface area (TPSA) is 0 Å². The van der Waals surface area contributed by atoms with Crippen molar-refractivity contribution < 1.29 is 0 Å². The highest BCUT2D eigenvalue weighted by atomic mass is 14.1. The molecule has 0 saturated carbocycles. The van der Waals surface area contributed by atoms with Crippen molar-refractivity contribution in [2.24, 2.45) is 0 Å². The third-order valence-corrected chi connectivity index (χ3v) is 2.20. The van der Waals surface area contributed by atoms with Crippen LogP contribution in [0.5, 0.6) is 0 Å². The lowest BCUT2D eigenvalue weighted by molar-refractivity contribution is 1.38. The van der Waals surface area contributed by atoms with E-state index < -0.39 is 0 Å². The second-order valence-electron chi connectivity index (χ2n) is 3.18. The fourth-order valence-electron chi connectivity index (χ4n) is 1.37. The standard InChI is InChI=1S/C7H6.C6H6/c1-5-4-6-2-3-7(5)6;1-2-4-6-5-3-1/h2-4H,1H3;1-6H. The van der Waals surface area contributed by atoms with E-state index in [0.717, 1.165) is 0 Å². The molecule has 0 heteroatoms. The molecule has 2 aliphatic rings. The van der Waals surface area contributed by atoms with E-state index >= 15 is 0 Å². The van der Waals surface area contributed by atoms with E-state index in [4.69, 9.17) is 0 Å². The molecule has 0 radical (unpaired) electrons. The van der Waals surface area contributed by atoms with Crippen LogP contribution in [0.25, 0.3) is 11.1 Å². The molecule has 3 rings (SSSR count). The maximum absolute atomic E-state index is 2.20. The van der Waals surface area contributed by atoms with E-state index in [-0.39, 0.29) is 0 Å². The Morgan fingerprint density at radius 1 is 0.769 bits per heavy atom. The van der Waals surface area contributed by atoms with Crippen molar-refractivity contribution >= 4 is 0 Å². The van der Waals surface area contributed by atoms with Gasteiger partial charge in [-0.25, -0.2) is 0 Å². The SMILES string of the molecule is Cc1cc2ccc1-2.c1ccccc1. The Morgan fingerprint density at radius 2 is 1.31 bits per heavy atom. The molecule has 0 heterocycles. The van der Waals surface area contributed by atoms with Gasteiger partial charge in [-0.2, -0.15) is 0 Å². The average molecular weight is 168 g/mol. The van der Waals surface area contributed by atoms with Crippen molar-refractivity contribution in [2.45, 2.75) is 6.92 Å². The fraction of sp³-hybridized carbons (Fsp3) is 0.0769. The molecule has 0 bridgehead atoms. The van der Waals surface area contributed by atoms with E-state index in [1.54, 1.807) is 0 Å². The molecule has 0 N–H and O–H groups in total. The first kappa shape index (κ1) is 8.06. The molecule has 0 atom stereocenters. The number of hydrogen-bond acceptors (Lipinski definition) is 0. The van der Waals surface area contributed by atoms with Crippen molar-refractivity contribution in [2.75, 3.05) is 0 Å². The highest BCUT2D eigenvalue weighted by molar-refractivity contribution is 5.80. The zero-order valence-electron chi connectivity index (χ0n) is 7.70. The Hall–Kier alpha value is -1.56. The lowest BCUT2D eigenvalue weighted by Gasteiger charge is -2.17. The van der Waals surface area contributed by atoms with Crippen LogP contribution in [0.3, 0.4) is 0 Å². The number of aryl methyl sites for hydroxylation is 1. The van der Waals surface area contributed by atoms with Gasteiger partial charge in [-0.05, 0) is 23.6 Å². The number of hydrogen-bond donors (Lipinski definition) is 0. The largest absolute Gasteiger partial charge is 0.0623 e. The second-order valence-corrected chi connectivity index (χ2v) is 3.18. The van der Waals surface area contributed by atoms with Crippen molar-refractivity contribution in [3.8, 4) is 11.1 Å². The summed E-state index contributed by atoms with van der Waals surface area (Å²) in [5, 5.41) is 0. The average Bonchev–Trinajstić information content (AvgIpc) is 2.17. The van der Waals surface area contributed by atoms with Crippen LogP contribution in [0, 0.1) is 6.92 Å². The monoisotopic (exact) mass is 168 g/mol. The van der Waals surface area contributed by atoms with Crippen molar-refractivity contribution in [3.05, 3.63) is 60.2 Å². The molecule has 0 spiro atoms. The zero-order valence-corrected chi connectivity index (χ0v) is 7.70. The molecule has 0 fully saturated rings. The van der Waals surface area contributed by atoms with Crippen LogP contribution in [0.1, 0.15) is 5.56 Å². The summed E-state index contributed by atoms with van der Waals surface area (Å²) in [4.78, 5) is 0. The first-order valence-corrected chi connectivity index (χ1v) is 4.49. The molecule has 64 valence electrons. The van der Waals surface area contributed by atoms with Crippen molar-refractivity contribution in [3.63, 3.8) is 0 Å². The molecule has 13 heavy (non-hydrogen) atoms. The molecule has 2 aliphatic carbocycles. The Morgan fingerprint density at radius 3 is 1.38 bits per heavy atom. The molecule has 1 aromatic carbocycles. The molecule has 0 unspecified atom stereocenters. The van der Waals surface area contributed by atoms with Gasteiger partial charge in [0.1, 0.15) is 0 Å². The van der Waals surface area contributed by atoms with Gasteiger partial charge in [-0.1, -0.05) is 54.6 Å². The van der Waals surface area contributed by atoms with Gasteiger partial charge < -0.3 is 0 Å². The summed E-state index contributed by atoms with van der Waals surface area (Å²) in [5.41, 5.74) is 4.36. The first-order valence-electron chi connectivity index (χ1n) is 4.49.